The first kappa shape index (κ1) is 21.1. The van der Waals surface area contributed by atoms with E-state index in [9.17, 15) is 9.59 Å². The van der Waals surface area contributed by atoms with Crippen molar-refractivity contribution in [3.05, 3.63) is 69.8 Å². The third-order valence-electron chi connectivity index (χ3n) is 5.80. The molecule has 1 aliphatic rings. The average Bonchev–Trinajstić information content (AvgIpc) is 3.07. The Kier molecular flexibility index (Phi) is 6.04. The summed E-state index contributed by atoms with van der Waals surface area (Å²) in [5.41, 5.74) is 1.35. The Balaban J connectivity index is 1.84. The number of carbonyl (C=O) groups excluding carboxylic acids is 1. The molecule has 3 heterocycles. The number of hydrogen-bond donors (Lipinski definition) is 0. The van der Waals surface area contributed by atoms with Crippen LogP contribution in [0.25, 0.3) is 11.0 Å². The number of hydrogen-bond acceptors (Lipinski definition) is 6. The van der Waals surface area contributed by atoms with Gasteiger partial charge in [0.05, 0.1) is 23.6 Å². The molecule has 3 aromatic rings. The number of fused-ring (bicyclic) bond motifs is 2. The van der Waals surface area contributed by atoms with Crippen LogP contribution in [-0.4, -0.2) is 53.5 Å². The lowest BCUT2D eigenvalue weighted by molar-refractivity contribution is 0.0708. The SMILES string of the molecule is CCOc1ccc2c(=O)c3c(oc2c1)C(=O)N(CCN(CC)CC)C3c1cccnc1. The lowest BCUT2D eigenvalue weighted by Crippen LogP contribution is -2.37. The maximum atomic E-state index is 13.5. The minimum atomic E-state index is -0.515. The van der Waals surface area contributed by atoms with Gasteiger partial charge in [0.2, 0.25) is 5.76 Å². The molecule has 0 saturated carbocycles. The first-order valence-corrected chi connectivity index (χ1v) is 10.8. The van der Waals surface area contributed by atoms with Crippen molar-refractivity contribution < 1.29 is 13.9 Å². The van der Waals surface area contributed by atoms with Gasteiger partial charge in [-0.2, -0.15) is 0 Å². The molecule has 1 aliphatic heterocycles. The largest absolute Gasteiger partial charge is 0.494 e. The highest BCUT2D eigenvalue weighted by molar-refractivity contribution is 5.99. The summed E-state index contributed by atoms with van der Waals surface area (Å²) in [6.45, 7) is 9.57. The number of ether oxygens (including phenoxy) is 1. The Morgan fingerprint density at radius 2 is 1.97 bits per heavy atom. The molecule has 1 unspecified atom stereocenters. The zero-order valence-corrected chi connectivity index (χ0v) is 18.1. The van der Waals surface area contributed by atoms with E-state index in [0.717, 1.165) is 18.7 Å². The highest BCUT2D eigenvalue weighted by Crippen LogP contribution is 2.38. The van der Waals surface area contributed by atoms with Crippen LogP contribution in [0.4, 0.5) is 0 Å². The van der Waals surface area contributed by atoms with Crippen molar-refractivity contribution in [3.63, 3.8) is 0 Å². The van der Waals surface area contributed by atoms with Crippen molar-refractivity contribution in [1.82, 2.24) is 14.8 Å². The van der Waals surface area contributed by atoms with Crippen molar-refractivity contribution in [2.75, 3.05) is 32.8 Å². The molecule has 0 fully saturated rings. The molecular formula is C24H27N3O4. The van der Waals surface area contributed by atoms with Crippen molar-refractivity contribution in [2.45, 2.75) is 26.8 Å². The van der Waals surface area contributed by atoms with Crippen LogP contribution in [0.2, 0.25) is 0 Å². The van der Waals surface area contributed by atoms with Crippen molar-refractivity contribution in [3.8, 4) is 5.75 Å². The normalized spacial score (nSPS) is 15.7. The van der Waals surface area contributed by atoms with Gasteiger partial charge >= 0.3 is 0 Å². The number of amides is 1. The van der Waals surface area contributed by atoms with Crippen LogP contribution in [0.1, 0.15) is 48.5 Å². The Bertz CT molecular complexity index is 1140. The quantitative estimate of drug-likeness (QED) is 0.554. The van der Waals surface area contributed by atoms with Gasteiger partial charge in [-0.25, -0.2) is 0 Å². The molecule has 0 spiro atoms. The Morgan fingerprint density at radius 1 is 1.16 bits per heavy atom. The van der Waals surface area contributed by atoms with Gasteiger partial charge in [-0.1, -0.05) is 19.9 Å². The van der Waals surface area contributed by atoms with Crippen LogP contribution in [-0.2, 0) is 0 Å². The number of nitrogens with zero attached hydrogens (tertiary/aromatic N) is 3. The summed E-state index contributed by atoms with van der Waals surface area (Å²) in [7, 11) is 0. The molecule has 4 rings (SSSR count). The summed E-state index contributed by atoms with van der Waals surface area (Å²) in [6, 6.07) is 8.33. The molecule has 1 amide bonds. The van der Waals surface area contributed by atoms with E-state index >= 15 is 0 Å². The molecule has 2 aromatic heterocycles. The van der Waals surface area contributed by atoms with Crippen molar-refractivity contribution in [1.29, 1.82) is 0 Å². The highest BCUT2D eigenvalue weighted by atomic mass is 16.5. The lowest BCUT2D eigenvalue weighted by atomic mass is 10.00. The van der Waals surface area contributed by atoms with Crippen LogP contribution in [0.15, 0.2) is 51.9 Å². The average molecular weight is 421 g/mol. The highest BCUT2D eigenvalue weighted by Gasteiger charge is 2.42. The van der Waals surface area contributed by atoms with Crippen LogP contribution in [0.3, 0.4) is 0 Å². The van der Waals surface area contributed by atoms with Crippen molar-refractivity contribution >= 4 is 16.9 Å². The molecule has 1 aromatic carbocycles. The van der Waals surface area contributed by atoms with Crippen LogP contribution < -0.4 is 10.2 Å². The smallest absolute Gasteiger partial charge is 0.290 e. The second-order valence-corrected chi connectivity index (χ2v) is 7.48. The Hall–Kier alpha value is -3.19. The number of aromatic nitrogens is 1. The third kappa shape index (κ3) is 3.81. The van der Waals surface area contributed by atoms with E-state index in [1.54, 1.807) is 35.5 Å². The molecule has 0 bridgehead atoms. The fourth-order valence-corrected chi connectivity index (χ4v) is 4.16. The van der Waals surface area contributed by atoms with Crippen LogP contribution >= 0.6 is 0 Å². The summed E-state index contributed by atoms with van der Waals surface area (Å²) in [5, 5.41) is 0.439. The minimum absolute atomic E-state index is 0.111. The summed E-state index contributed by atoms with van der Waals surface area (Å²) < 4.78 is 11.6. The summed E-state index contributed by atoms with van der Waals surface area (Å²) >= 11 is 0. The Labute approximate surface area is 181 Å². The van der Waals surface area contributed by atoms with E-state index in [1.807, 2.05) is 19.1 Å². The molecule has 162 valence electrons. The van der Waals surface area contributed by atoms with E-state index in [1.165, 1.54) is 0 Å². The molecular weight excluding hydrogens is 394 g/mol. The topological polar surface area (TPSA) is 75.9 Å². The molecule has 7 nitrogen and oxygen atoms in total. The summed E-state index contributed by atoms with van der Waals surface area (Å²) in [4.78, 5) is 35.1. The lowest BCUT2D eigenvalue weighted by Gasteiger charge is -2.27. The second-order valence-electron chi connectivity index (χ2n) is 7.48. The fourth-order valence-electron chi connectivity index (χ4n) is 4.16. The molecule has 0 saturated heterocycles. The van der Waals surface area contributed by atoms with Crippen LogP contribution in [0, 0.1) is 0 Å². The number of pyridine rings is 1. The zero-order valence-electron chi connectivity index (χ0n) is 18.1. The van der Waals surface area contributed by atoms with Gasteiger partial charge in [-0.15, -0.1) is 0 Å². The monoisotopic (exact) mass is 421 g/mol. The fraction of sp³-hybridized carbons (Fsp3) is 0.375. The van der Waals surface area contributed by atoms with E-state index in [4.69, 9.17) is 9.15 Å². The molecule has 7 heteroatoms. The molecule has 0 aliphatic carbocycles. The van der Waals surface area contributed by atoms with E-state index < -0.39 is 6.04 Å². The molecule has 0 radical (unpaired) electrons. The predicted octanol–water partition coefficient (Wildman–Crippen LogP) is 3.47. The first-order chi connectivity index (χ1) is 15.1. The first-order valence-electron chi connectivity index (χ1n) is 10.8. The van der Waals surface area contributed by atoms with Gasteiger partial charge in [-0.3, -0.25) is 14.6 Å². The number of rotatable bonds is 8. The van der Waals surface area contributed by atoms with Gasteiger partial charge in [0.15, 0.2) is 5.43 Å². The van der Waals surface area contributed by atoms with Gasteiger partial charge in [0.25, 0.3) is 5.91 Å². The third-order valence-corrected chi connectivity index (χ3v) is 5.80. The van der Waals surface area contributed by atoms with Gasteiger partial charge in [0.1, 0.15) is 11.3 Å². The van der Waals surface area contributed by atoms with Crippen molar-refractivity contribution in [2.24, 2.45) is 0 Å². The summed E-state index contributed by atoms with van der Waals surface area (Å²) in [6.07, 6.45) is 3.39. The number of benzene rings is 1. The van der Waals surface area contributed by atoms with Gasteiger partial charge in [0, 0.05) is 31.5 Å². The second kappa shape index (κ2) is 8.89. The predicted molar refractivity (Wildman–Crippen MR) is 119 cm³/mol. The molecule has 31 heavy (non-hydrogen) atoms. The van der Waals surface area contributed by atoms with E-state index in [0.29, 0.717) is 42.0 Å². The minimum Gasteiger partial charge on any atom is -0.494 e. The van der Waals surface area contributed by atoms with E-state index in [2.05, 4.69) is 23.7 Å². The molecule has 0 N–H and O–H groups in total. The van der Waals surface area contributed by atoms with Gasteiger partial charge in [-0.05, 0) is 43.8 Å². The summed E-state index contributed by atoms with van der Waals surface area (Å²) in [5.74, 6) is 0.446. The van der Waals surface area contributed by atoms with E-state index in [-0.39, 0.29) is 17.1 Å². The molecule has 1 atom stereocenters. The zero-order chi connectivity index (χ0) is 22.0. The number of carbonyl (C=O) groups is 1. The van der Waals surface area contributed by atoms with Gasteiger partial charge < -0.3 is 19.0 Å². The number of likely N-dealkylation sites (N-methyl/N-ethyl adjacent to an activating group) is 1. The standard InChI is InChI=1S/C24H27N3O4/c1-4-26(5-2)12-13-27-21(16-8-7-11-25-15-16)20-22(28)18-10-9-17(30-6-3)14-19(18)31-23(20)24(27)29/h7-11,14-15,21H,4-6,12-13H2,1-3H3. The Morgan fingerprint density at radius 3 is 2.65 bits per heavy atom. The van der Waals surface area contributed by atoms with Crippen LogP contribution in [0.5, 0.6) is 5.75 Å². The maximum Gasteiger partial charge on any atom is 0.290 e. The maximum absolute atomic E-state index is 13.5.